The zero-order chi connectivity index (χ0) is 4.28. The molecule has 0 aromatic carbocycles. The number of rotatable bonds is 0. The standard InChI is InChI=1S/C4H5N.AsH3/c1-4(2)3-5;/h1H2,2H3;1H3. The van der Waals surface area contributed by atoms with Gasteiger partial charge in [0.25, 0.3) is 0 Å². The van der Waals surface area contributed by atoms with Crippen LogP contribution in [0.5, 0.6) is 0 Å². The van der Waals surface area contributed by atoms with Gasteiger partial charge in [-0.05, 0) is 6.92 Å². The molecular weight excluding hydrogens is 137 g/mol. The third kappa shape index (κ3) is 9.21. The molecule has 34 valence electrons. The molecule has 1 unspecified atom stereocenters. The van der Waals surface area contributed by atoms with Crippen LogP contribution in [0.25, 0.3) is 0 Å². The number of nitriles is 1. The Morgan fingerprint density at radius 3 is 2.00 bits per heavy atom. The van der Waals surface area contributed by atoms with Gasteiger partial charge in [-0.25, -0.2) is 0 Å². The van der Waals surface area contributed by atoms with E-state index in [1.807, 2.05) is 6.07 Å². The predicted octanol–water partition coefficient (Wildman–Crippen LogP) is -0.0978. The molecule has 0 amide bonds. The van der Waals surface area contributed by atoms with Crippen LogP contribution >= 0.6 is 0 Å². The zero-order valence-electron chi connectivity index (χ0n) is 3.86. The molecule has 0 aromatic heterocycles. The topological polar surface area (TPSA) is 23.8 Å². The van der Waals surface area contributed by atoms with Gasteiger partial charge in [-0.15, -0.1) is 0 Å². The van der Waals surface area contributed by atoms with Crippen molar-refractivity contribution in [2.45, 2.75) is 6.92 Å². The molecular formula is C4H8AsN. The molecule has 0 aromatic rings. The summed E-state index contributed by atoms with van der Waals surface area (Å²) in [7, 11) is 0. The summed E-state index contributed by atoms with van der Waals surface area (Å²) in [6.45, 7) is 4.98. The summed E-state index contributed by atoms with van der Waals surface area (Å²) in [5, 5.41) is 7.79. The third-order valence-electron chi connectivity index (χ3n) is 0.191. The van der Waals surface area contributed by atoms with Crippen molar-refractivity contribution in [2.24, 2.45) is 0 Å². The molecule has 1 nitrogen and oxygen atoms in total. The first-order valence-electron chi connectivity index (χ1n) is 1.33. The molecule has 0 bridgehead atoms. The van der Waals surface area contributed by atoms with Crippen molar-refractivity contribution in [1.82, 2.24) is 0 Å². The van der Waals surface area contributed by atoms with Gasteiger partial charge in [0, 0.05) is 5.57 Å². The first-order chi connectivity index (χ1) is 2.27. The van der Waals surface area contributed by atoms with E-state index in [4.69, 9.17) is 5.26 Å². The molecule has 0 aliphatic carbocycles. The Morgan fingerprint density at radius 2 is 2.00 bits per heavy atom. The molecule has 0 N–H and O–H groups in total. The van der Waals surface area contributed by atoms with Crippen molar-refractivity contribution in [1.29, 1.82) is 5.26 Å². The maximum atomic E-state index is 7.79. The third-order valence-corrected chi connectivity index (χ3v) is 0.191. The molecule has 1 atom stereocenters. The average Bonchev–Trinajstić information content (AvgIpc) is 1.38. The number of hydrogen-bond acceptors (Lipinski definition) is 1. The van der Waals surface area contributed by atoms with Crippen molar-refractivity contribution in [3.8, 4) is 6.07 Å². The van der Waals surface area contributed by atoms with E-state index in [2.05, 4.69) is 6.58 Å². The molecule has 0 saturated heterocycles. The summed E-state index contributed by atoms with van der Waals surface area (Å²) in [6.07, 6.45) is 0. The summed E-state index contributed by atoms with van der Waals surface area (Å²) < 4.78 is 0. The summed E-state index contributed by atoms with van der Waals surface area (Å²) in [4.78, 5) is 0. The summed E-state index contributed by atoms with van der Waals surface area (Å²) in [5.74, 6) is 0. The van der Waals surface area contributed by atoms with Crippen molar-refractivity contribution >= 4 is 18.0 Å². The van der Waals surface area contributed by atoms with E-state index in [9.17, 15) is 0 Å². The molecule has 0 rings (SSSR count). The van der Waals surface area contributed by atoms with E-state index < -0.39 is 0 Å². The Bertz CT molecular complexity index is 80.0. The van der Waals surface area contributed by atoms with Crippen molar-refractivity contribution in [2.75, 3.05) is 0 Å². The van der Waals surface area contributed by atoms with Gasteiger partial charge in [0.15, 0.2) is 0 Å². The monoisotopic (exact) mass is 145 g/mol. The molecule has 0 spiro atoms. The molecule has 0 fully saturated rings. The Morgan fingerprint density at radius 1 is 1.83 bits per heavy atom. The van der Waals surface area contributed by atoms with E-state index in [1.165, 1.54) is 0 Å². The van der Waals surface area contributed by atoms with Crippen LogP contribution in [-0.4, -0.2) is 18.0 Å². The van der Waals surface area contributed by atoms with E-state index >= 15 is 0 Å². The fraction of sp³-hybridized carbons (Fsp3) is 0.250. The SMILES string of the molecule is C=C(C)C#N.[AsH3]. The van der Waals surface area contributed by atoms with Gasteiger partial charge >= 0.3 is 18.0 Å². The molecule has 6 heavy (non-hydrogen) atoms. The fourth-order valence-corrected chi connectivity index (χ4v) is 0. The van der Waals surface area contributed by atoms with Gasteiger partial charge in [0.05, 0.1) is 6.07 Å². The number of allylic oxidation sites excluding steroid dienone is 1. The Hall–Kier alpha value is -0.212. The second-order valence-electron chi connectivity index (χ2n) is 0.892. The average molecular weight is 145 g/mol. The van der Waals surface area contributed by atoms with E-state index in [1.54, 1.807) is 6.92 Å². The van der Waals surface area contributed by atoms with Crippen LogP contribution in [-0.2, 0) is 0 Å². The van der Waals surface area contributed by atoms with Crippen LogP contribution < -0.4 is 0 Å². The summed E-state index contributed by atoms with van der Waals surface area (Å²) >= 11 is 0. The van der Waals surface area contributed by atoms with Crippen LogP contribution in [0.15, 0.2) is 12.2 Å². The van der Waals surface area contributed by atoms with Gasteiger partial charge in [-0.2, -0.15) is 5.26 Å². The normalized spacial score (nSPS) is 4.67. The van der Waals surface area contributed by atoms with Crippen LogP contribution in [0.3, 0.4) is 0 Å². The number of nitrogens with zero attached hydrogens (tertiary/aromatic N) is 1. The van der Waals surface area contributed by atoms with Gasteiger partial charge < -0.3 is 0 Å². The maximum absolute atomic E-state index is 7.79. The van der Waals surface area contributed by atoms with Crippen LogP contribution in [0.1, 0.15) is 6.92 Å². The fourth-order valence-electron chi connectivity index (χ4n) is 0. The van der Waals surface area contributed by atoms with Crippen LogP contribution in [0.2, 0.25) is 0 Å². The van der Waals surface area contributed by atoms with Crippen molar-refractivity contribution in [3.63, 3.8) is 0 Å². The molecule has 0 saturated carbocycles. The summed E-state index contributed by atoms with van der Waals surface area (Å²) in [5.41, 5.74) is 0.560. The Kier molecular flexibility index (Phi) is 7.38. The van der Waals surface area contributed by atoms with Crippen LogP contribution in [0, 0.1) is 11.3 Å². The summed E-state index contributed by atoms with van der Waals surface area (Å²) in [6, 6.07) is 1.83. The van der Waals surface area contributed by atoms with E-state index in [0.29, 0.717) is 5.57 Å². The quantitative estimate of drug-likeness (QED) is 0.345. The van der Waals surface area contributed by atoms with Crippen LogP contribution in [0.4, 0.5) is 0 Å². The van der Waals surface area contributed by atoms with Gasteiger partial charge in [-0.1, -0.05) is 6.58 Å². The molecule has 2 heteroatoms. The molecule has 0 radical (unpaired) electrons. The molecule has 0 aliphatic rings. The Labute approximate surface area is 49.0 Å². The second kappa shape index (κ2) is 4.79. The van der Waals surface area contributed by atoms with Crippen molar-refractivity contribution in [3.05, 3.63) is 12.2 Å². The molecule has 0 heterocycles. The molecule has 0 aliphatic heterocycles. The first kappa shape index (κ1) is 9.25. The Balaban J connectivity index is 0. The predicted molar refractivity (Wildman–Crippen MR) is 30.4 cm³/mol. The van der Waals surface area contributed by atoms with Crippen molar-refractivity contribution < 1.29 is 0 Å². The minimum absolute atomic E-state index is 0. The van der Waals surface area contributed by atoms with Gasteiger partial charge in [0.1, 0.15) is 0 Å². The zero-order valence-corrected chi connectivity index (χ0v) is 6.83. The van der Waals surface area contributed by atoms with E-state index in [0.717, 1.165) is 0 Å². The van der Waals surface area contributed by atoms with E-state index in [-0.39, 0.29) is 18.0 Å². The minimum atomic E-state index is 0. The van der Waals surface area contributed by atoms with Gasteiger partial charge in [-0.3, -0.25) is 0 Å². The number of hydrogen-bond donors (Lipinski definition) is 0. The second-order valence-corrected chi connectivity index (χ2v) is 0.892. The first-order valence-corrected chi connectivity index (χ1v) is 1.33. The van der Waals surface area contributed by atoms with Gasteiger partial charge in [0.2, 0.25) is 0 Å².